The Kier molecular flexibility index (Phi) is 6.20. The zero-order valence-corrected chi connectivity index (χ0v) is 15.3. The van der Waals surface area contributed by atoms with Gasteiger partial charge < -0.3 is 0 Å². The molecular weight excluding hydrogens is 305 g/mol. The van der Waals surface area contributed by atoms with E-state index < -0.39 is 37.2 Å². The van der Waals surface area contributed by atoms with E-state index in [1.807, 2.05) is 0 Å². The van der Waals surface area contributed by atoms with Crippen molar-refractivity contribution in [2.24, 2.45) is 0 Å². The Morgan fingerprint density at radius 3 is 1.18 bits per heavy atom. The molecule has 1 rings (SSSR count). The van der Waals surface area contributed by atoms with Crippen molar-refractivity contribution in [2.45, 2.75) is 40.0 Å². The Balaban J connectivity index is 0.00000441. The minimum atomic E-state index is -0.907. The smallest absolute Gasteiger partial charge is 0.258 e. The molecule has 0 saturated heterocycles. The molecule has 1 radical (unpaired) electrons. The normalized spacial score (nSPS) is 10.8. The summed E-state index contributed by atoms with van der Waals surface area (Å²) in [6, 6.07) is 0. The molecule has 0 heterocycles. The van der Waals surface area contributed by atoms with Crippen molar-refractivity contribution in [2.75, 3.05) is 0 Å². The zero-order chi connectivity index (χ0) is 16.7. The van der Waals surface area contributed by atoms with E-state index in [2.05, 4.69) is 0 Å². The summed E-state index contributed by atoms with van der Waals surface area (Å²) >= 11 is 0. The summed E-state index contributed by atoms with van der Waals surface area (Å²) in [6.45, 7) is 7.25. The number of hydrogen-bond donors (Lipinski definition) is 0. The van der Waals surface area contributed by atoms with Crippen LogP contribution in [-0.4, -0.2) is 44.3 Å². The van der Waals surface area contributed by atoms with Gasteiger partial charge in [-0.3, -0.25) is 30.3 Å². The first-order valence-corrected chi connectivity index (χ1v) is 6.02. The fraction of sp³-hybridized carbons (Fsp3) is 0.500. The predicted molar refractivity (Wildman–Crippen MR) is 80.3 cm³/mol. The molecule has 9 nitrogen and oxygen atoms in total. The molecule has 0 fully saturated rings. The van der Waals surface area contributed by atoms with Gasteiger partial charge in [-0.15, -0.1) is 0 Å². The fourth-order valence-corrected chi connectivity index (χ4v) is 2.43. The van der Waals surface area contributed by atoms with Crippen molar-refractivity contribution in [1.82, 2.24) is 0 Å². The van der Waals surface area contributed by atoms with Gasteiger partial charge in [-0.05, 0) is 13.8 Å². The SMILES string of the molecule is Cc1c([N+](=O)[O-])c(C)c([N+](=O)[O-])c(C(C)(C)C)c1[N+](=O)[O-].[Na]. The summed E-state index contributed by atoms with van der Waals surface area (Å²) < 4.78 is 0. The van der Waals surface area contributed by atoms with Crippen LogP contribution in [0.25, 0.3) is 0 Å². The first-order chi connectivity index (χ1) is 9.41. The monoisotopic (exact) mass is 320 g/mol. The average Bonchev–Trinajstić information content (AvgIpc) is 2.24. The second-order valence-corrected chi connectivity index (χ2v) is 5.69. The summed E-state index contributed by atoms with van der Waals surface area (Å²) in [5.74, 6) is 0. The minimum Gasteiger partial charge on any atom is -0.258 e. The number of benzene rings is 1. The Labute approximate surface area is 148 Å². The topological polar surface area (TPSA) is 129 Å². The van der Waals surface area contributed by atoms with Gasteiger partial charge in [0.1, 0.15) is 16.7 Å². The van der Waals surface area contributed by atoms with Crippen molar-refractivity contribution in [3.8, 4) is 0 Å². The Morgan fingerprint density at radius 1 is 0.727 bits per heavy atom. The van der Waals surface area contributed by atoms with E-state index in [9.17, 15) is 30.3 Å². The van der Waals surface area contributed by atoms with Crippen LogP contribution in [0.3, 0.4) is 0 Å². The molecule has 0 atom stereocenters. The molecule has 10 heteroatoms. The van der Waals surface area contributed by atoms with Gasteiger partial charge in [0, 0.05) is 35.0 Å². The van der Waals surface area contributed by atoms with Crippen LogP contribution in [0.15, 0.2) is 0 Å². The average molecular weight is 320 g/mol. The van der Waals surface area contributed by atoms with Gasteiger partial charge in [0.25, 0.3) is 17.1 Å². The van der Waals surface area contributed by atoms with Crippen LogP contribution >= 0.6 is 0 Å². The summed E-state index contributed by atoms with van der Waals surface area (Å²) in [5.41, 5.74) is -3.05. The molecule has 1 aromatic carbocycles. The number of nitrogens with zero attached hydrogens (tertiary/aromatic N) is 3. The Bertz CT molecular complexity index is 625. The molecule has 0 bridgehead atoms. The van der Waals surface area contributed by atoms with Crippen LogP contribution in [0, 0.1) is 44.2 Å². The standard InChI is InChI=1S/C12H15N3O6.Na/c1-6-9(13(16)17)7(2)11(15(20)21)8(12(3,4)5)10(6)14(18)19;/h1-5H3;. The summed E-state index contributed by atoms with van der Waals surface area (Å²) in [7, 11) is 0. The van der Waals surface area contributed by atoms with Gasteiger partial charge in [0.05, 0.1) is 14.8 Å². The minimum absolute atomic E-state index is 0. The van der Waals surface area contributed by atoms with Crippen LogP contribution in [0.1, 0.15) is 37.5 Å². The van der Waals surface area contributed by atoms with Gasteiger partial charge in [0.15, 0.2) is 0 Å². The molecule has 0 aliphatic heterocycles. The molecule has 0 aliphatic carbocycles. The third kappa shape index (κ3) is 3.42. The van der Waals surface area contributed by atoms with Crippen LogP contribution in [0.4, 0.5) is 17.1 Å². The molecular formula is C12H15N3NaO6. The molecule has 0 amide bonds. The Hall–Kier alpha value is -1.58. The quantitative estimate of drug-likeness (QED) is 0.478. The second-order valence-electron chi connectivity index (χ2n) is 5.69. The van der Waals surface area contributed by atoms with Gasteiger partial charge in [-0.2, -0.15) is 0 Å². The number of rotatable bonds is 3. The number of nitro groups is 3. The van der Waals surface area contributed by atoms with Crippen LogP contribution in [-0.2, 0) is 5.41 Å². The van der Waals surface area contributed by atoms with Gasteiger partial charge in [0.2, 0.25) is 0 Å². The molecule has 22 heavy (non-hydrogen) atoms. The van der Waals surface area contributed by atoms with Gasteiger partial charge in [-0.1, -0.05) is 20.8 Å². The van der Waals surface area contributed by atoms with E-state index in [4.69, 9.17) is 0 Å². The largest absolute Gasteiger partial charge is 0.289 e. The molecule has 1 aromatic rings. The van der Waals surface area contributed by atoms with Gasteiger partial charge in [-0.25, -0.2) is 0 Å². The number of hydrogen-bond acceptors (Lipinski definition) is 6. The van der Waals surface area contributed by atoms with E-state index in [1.165, 1.54) is 13.8 Å². The molecule has 0 unspecified atom stereocenters. The third-order valence-corrected chi connectivity index (χ3v) is 3.19. The first-order valence-electron chi connectivity index (χ1n) is 6.02. The van der Waals surface area contributed by atoms with E-state index in [0.717, 1.165) is 0 Å². The molecule has 0 aromatic heterocycles. The summed E-state index contributed by atoms with van der Waals surface area (Å²) in [4.78, 5) is 31.3. The maximum Gasteiger partial charge on any atom is 0.289 e. The summed E-state index contributed by atoms with van der Waals surface area (Å²) in [6.07, 6.45) is 0. The summed E-state index contributed by atoms with van der Waals surface area (Å²) in [5, 5.41) is 33.7. The van der Waals surface area contributed by atoms with E-state index in [1.54, 1.807) is 20.8 Å². The maximum absolute atomic E-state index is 11.3. The van der Waals surface area contributed by atoms with Crippen molar-refractivity contribution in [3.63, 3.8) is 0 Å². The van der Waals surface area contributed by atoms with Crippen molar-refractivity contribution < 1.29 is 14.8 Å². The fourth-order valence-electron chi connectivity index (χ4n) is 2.43. The predicted octanol–water partition coefficient (Wildman–Crippen LogP) is 2.94. The zero-order valence-electron chi connectivity index (χ0n) is 13.3. The van der Waals surface area contributed by atoms with Crippen LogP contribution in [0.5, 0.6) is 0 Å². The van der Waals surface area contributed by atoms with Crippen LogP contribution < -0.4 is 0 Å². The van der Waals surface area contributed by atoms with Gasteiger partial charge >= 0.3 is 0 Å². The second kappa shape index (κ2) is 6.67. The van der Waals surface area contributed by atoms with Crippen LogP contribution in [0.2, 0.25) is 0 Å². The van der Waals surface area contributed by atoms with E-state index in [0.29, 0.717) is 0 Å². The molecule has 0 N–H and O–H groups in total. The van der Waals surface area contributed by atoms with Crippen molar-refractivity contribution in [3.05, 3.63) is 47.0 Å². The van der Waals surface area contributed by atoms with E-state index in [-0.39, 0.29) is 46.2 Å². The Morgan fingerprint density at radius 2 is 1.00 bits per heavy atom. The molecule has 0 aliphatic rings. The molecule has 115 valence electrons. The third-order valence-electron chi connectivity index (χ3n) is 3.19. The molecule has 0 saturated carbocycles. The number of nitro benzene ring substituents is 3. The van der Waals surface area contributed by atoms with E-state index >= 15 is 0 Å². The molecule has 0 spiro atoms. The van der Waals surface area contributed by atoms with Crippen molar-refractivity contribution in [1.29, 1.82) is 0 Å². The van der Waals surface area contributed by atoms with Crippen molar-refractivity contribution >= 4 is 46.6 Å². The maximum atomic E-state index is 11.3. The first kappa shape index (κ1) is 20.4.